The molecule has 0 bridgehead atoms. The average molecular weight is 356 g/mol. The summed E-state index contributed by atoms with van der Waals surface area (Å²) in [6.45, 7) is 1.01. The van der Waals surface area contributed by atoms with Crippen molar-refractivity contribution in [3.8, 4) is 11.5 Å². The summed E-state index contributed by atoms with van der Waals surface area (Å²) in [5, 5.41) is 9.16. The maximum atomic E-state index is 12.0. The maximum Gasteiger partial charge on any atom is 0.251 e. The zero-order valence-electron chi connectivity index (χ0n) is 15.2. The van der Waals surface area contributed by atoms with Gasteiger partial charge >= 0.3 is 0 Å². The van der Waals surface area contributed by atoms with Gasteiger partial charge in [0.15, 0.2) is 17.5 Å². The van der Waals surface area contributed by atoms with Gasteiger partial charge in [0, 0.05) is 37.5 Å². The zero-order chi connectivity index (χ0) is 18.8. The predicted molar refractivity (Wildman–Crippen MR) is 103 cm³/mol. The van der Waals surface area contributed by atoms with Gasteiger partial charge in [0.1, 0.15) is 0 Å². The number of hydrogen-bond donors (Lipinski definition) is 3. The molecule has 0 unspecified atom stereocenters. The molecule has 0 saturated heterocycles. The fourth-order valence-corrected chi connectivity index (χ4v) is 2.28. The van der Waals surface area contributed by atoms with Gasteiger partial charge in [-0.3, -0.25) is 9.79 Å². The van der Waals surface area contributed by atoms with Crippen LogP contribution in [0.2, 0.25) is 0 Å². The molecule has 1 amide bonds. The first-order chi connectivity index (χ1) is 12.7. The largest absolute Gasteiger partial charge is 0.493 e. The van der Waals surface area contributed by atoms with E-state index in [0.29, 0.717) is 36.1 Å². The van der Waals surface area contributed by atoms with Gasteiger partial charge in [0.25, 0.3) is 5.91 Å². The second-order valence-electron chi connectivity index (χ2n) is 5.32. The van der Waals surface area contributed by atoms with Crippen molar-refractivity contribution < 1.29 is 14.3 Å². The van der Waals surface area contributed by atoms with E-state index in [1.807, 2.05) is 36.4 Å². The number of hydrogen-bond acceptors (Lipinski definition) is 4. The molecule has 0 aliphatic carbocycles. The summed E-state index contributed by atoms with van der Waals surface area (Å²) < 4.78 is 10.5. The second kappa shape index (κ2) is 9.93. The molecule has 0 fully saturated rings. The van der Waals surface area contributed by atoms with Gasteiger partial charge in [-0.05, 0) is 24.3 Å². The number of carbonyl (C=O) groups excluding carboxylic acids is 1. The van der Waals surface area contributed by atoms with E-state index in [2.05, 4.69) is 20.9 Å². The zero-order valence-corrected chi connectivity index (χ0v) is 15.2. The minimum absolute atomic E-state index is 0.102. The molecular weight excluding hydrogens is 332 g/mol. The fraction of sp³-hybridized carbons (Fsp3) is 0.263. The highest BCUT2D eigenvalue weighted by Gasteiger charge is 2.07. The molecule has 0 heterocycles. The number of nitrogens with zero attached hydrogens (tertiary/aromatic N) is 1. The van der Waals surface area contributed by atoms with Gasteiger partial charge < -0.3 is 25.4 Å². The quantitative estimate of drug-likeness (QED) is 0.402. The number of carbonyl (C=O) groups is 1. The molecule has 0 atom stereocenters. The highest BCUT2D eigenvalue weighted by atomic mass is 16.5. The molecule has 0 spiro atoms. The van der Waals surface area contributed by atoms with E-state index < -0.39 is 0 Å². The van der Waals surface area contributed by atoms with Crippen LogP contribution in [0.5, 0.6) is 11.5 Å². The monoisotopic (exact) mass is 356 g/mol. The number of benzene rings is 2. The van der Waals surface area contributed by atoms with Gasteiger partial charge in [0.05, 0.1) is 14.2 Å². The highest BCUT2D eigenvalue weighted by Crippen LogP contribution is 2.29. The van der Waals surface area contributed by atoms with Crippen molar-refractivity contribution >= 4 is 17.6 Å². The van der Waals surface area contributed by atoms with Gasteiger partial charge in [-0.15, -0.1) is 0 Å². The van der Waals surface area contributed by atoms with Crippen molar-refractivity contribution in [3.05, 3.63) is 54.1 Å². The Morgan fingerprint density at radius 2 is 1.65 bits per heavy atom. The first kappa shape index (κ1) is 19.1. The Kier molecular flexibility index (Phi) is 7.30. The molecule has 0 aromatic heterocycles. The molecule has 3 N–H and O–H groups in total. The van der Waals surface area contributed by atoms with Crippen molar-refractivity contribution in [2.75, 3.05) is 39.7 Å². The van der Waals surface area contributed by atoms with Crippen LogP contribution in [0.1, 0.15) is 10.4 Å². The molecule has 26 heavy (non-hydrogen) atoms. The first-order valence-electron chi connectivity index (χ1n) is 8.21. The molecule has 2 aromatic rings. The van der Waals surface area contributed by atoms with Crippen LogP contribution in [0.4, 0.5) is 5.69 Å². The summed E-state index contributed by atoms with van der Waals surface area (Å²) in [6, 6.07) is 14.6. The smallest absolute Gasteiger partial charge is 0.251 e. The number of amides is 1. The minimum Gasteiger partial charge on any atom is -0.493 e. The van der Waals surface area contributed by atoms with Crippen LogP contribution in [-0.4, -0.2) is 46.2 Å². The Morgan fingerprint density at radius 1 is 0.962 bits per heavy atom. The summed E-state index contributed by atoms with van der Waals surface area (Å²) in [5.41, 5.74) is 1.45. The molecule has 2 aromatic carbocycles. The molecule has 0 radical (unpaired) electrons. The van der Waals surface area contributed by atoms with E-state index in [4.69, 9.17) is 9.47 Å². The number of aliphatic imine (C=N–C) groups is 1. The van der Waals surface area contributed by atoms with Crippen LogP contribution in [0.3, 0.4) is 0 Å². The van der Waals surface area contributed by atoms with E-state index in [1.165, 1.54) is 0 Å². The lowest BCUT2D eigenvalue weighted by Gasteiger charge is -2.14. The van der Waals surface area contributed by atoms with Crippen molar-refractivity contribution in [1.82, 2.24) is 10.6 Å². The maximum absolute atomic E-state index is 12.0. The summed E-state index contributed by atoms with van der Waals surface area (Å²) in [4.78, 5) is 16.1. The summed E-state index contributed by atoms with van der Waals surface area (Å²) in [6.07, 6.45) is 0. The molecule has 7 heteroatoms. The lowest BCUT2D eigenvalue weighted by Crippen LogP contribution is -2.37. The van der Waals surface area contributed by atoms with E-state index >= 15 is 0 Å². The van der Waals surface area contributed by atoms with Crippen LogP contribution >= 0.6 is 0 Å². The van der Waals surface area contributed by atoms with E-state index in [1.54, 1.807) is 33.4 Å². The third kappa shape index (κ3) is 5.41. The lowest BCUT2D eigenvalue weighted by molar-refractivity contribution is 0.0954. The standard InChI is InChI=1S/C19H24N4O3/c1-20-19(23-15-9-10-16(25-2)17(13-15)26-3)22-12-11-21-18(24)14-7-5-4-6-8-14/h4-10,13H,11-12H2,1-3H3,(H,21,24)(H2,20,22,23). The van der Waals surface area contributed by atoms with Crippen LogP contribution < -0.4 is 25.4 Å². The van der Waals surface area contributed by atoms with Crippen LogP contribution in [0, 0.1) is 0 Å². The normalized spacial score (nSPS) is 10.8. The van der Waals surface area contributed by atoms with Crippen LogP contribution in [-0.2, 0) is 0 Å². The summed E-state index contributed by atoms with van der Waals surface area (Å²) >= 11 is 0. The fourth-order valence-electron chi connectivity index (χ4n) is 2.28. The molecule has 0 saturated carbocycles. The Labute approximate surface area is 153 Å². The van der Waals surface area contributed by atoms with E-state index in [0.717, 1.165) is 5.69 Å². The van der Waals surface area contributed by atoms with Gasteiger partial charge in [-0.1, -0.05) is 18.2 Å². The SMILES string of the molecule is CN=C(NCCNC(=O)c1ccccc1)Nc1ccc(OC)c(OC)c1. The van der Waals surface area contributed by atoms with E-state index in [-0.39, 0.29) is 5.91 Å². The Bertz CT molecular complexity index is 748. The first-order valence-corrected chi connectivity index (χ1v) is 8.21. The molecule has 0 aliphatic rings. The van der Waals surface area contributed by atoms with Crippen molar-refractivity contribution in [3.63, 3.8) is 0 Å². The second-order valence-corrected chi connectivity index (χ2v) is 5.32. The molecule has 2 rings (SSSR count). The Morgan fingerprint density at radius 3 is 2.31 bits per heavy atom. The number of guanidine groups is 1. The molecular formula is C19H24N4O3. The summed E-state index contributed by atoms with van der Waals surface area (Å²) in [7, 11) is 4.86. The number of rotatable bonds is 7. The predicted octanol–water partition coefficient (Wildman–Crippen LogP) is 2.12. The summed E-state index contributed by atoms with van der Waals surface area (Å²) in [5.74, 6) is 1.77. The molecule has 138 valence electrons. The third-order valence-corrected chi connectivity index (χ3v) is 3.61. The minimum atomic E-state index is -0.102. The third-order valence-electron chi connectivity index (χ3n) is 3.61. The molecule has 7 nitrogen and oxygen atoms in total. The topological polar surface area (TPSA) is 84.0 Å². The average Bonchev–Trinajstić information content (AvgIpc) is 2.70. The number of nitrogens with one attached hydrogen (secondary N) is 3. The Balaban J connectivity index is 1.82. The lowest BCUT2D eigenvalue weighted by atomic mass is 10.2. The van der Waals surface area contributed by atoms with Crippen molar-refractivity contribution in [2.45, 2.75) is 0 Å². The molecule has 0 aliphatic heterocycles. The highest BCUT2D eigenvalue weighted by molar-refractivity contribution is 5.95. The van der Waals surface area contributed by atoms with Crippen LogP contribution in [0.15, 0.2) is 53.5 Å². The Hall–Kier alpha value is -3.22. The van der Waals surface area contributed by atoms with Gasteiger partial charge in [-0.2, -0.15) is 0 Å². The van der Waals surface area contributed by atoms with Crippen LogP contribution in [0.25, 0.3) is 0 Å². The number of methoxy groups -OCH3 is 2. The van der Waals surface area contributed by atoms with Crippen molar-refractivity contribution in [2.24, 2.45) is 4.99 Å². The number of ether oxygens (including phenoxy) is 2. The van der Waals surface area contributed by atoms with Gasteiger partial charge in [-0.25, -0.2) is 0 Å². The van der Waals surface area contributed by atoms with E-state index in [9.17, 15) is 4.79 Å². The van der Waals surface area contributed by atoms with Crippen molar-refractivity contribution in [1.29, 1.82) is 0 Å². The van der Waals surface area contributed by atoms with Gasteiger partial charge in [0.2, 0.25) is 0 Å². The number of anilines is 1.